The topological polar surface area (TPSA) is 82.4 Å². The van der Waals surface area contributed by atoms with E-state index in [2.05, 4.69) is 32.7 Å². The van der Waals surface area contributed by atoms with E-state index >= 15 is 0 Å². The minimum Gasteiger partial charge on any atom is -0.383 e. The maximum atomic E-state index is 12.6. The van der Waals surface area contributed by atoms with Gasteiger partial charge in [-0.1, -0.05) is 30.0 Å². The van der Waals surface area contributed by atoms with Gasteiger partial charge in [0.1, 0.15) is 5.52 Å². The zero-order chi connectivity index (χ0) is 19.9. The van der Waals surface area contributed by atoms with Crippen molar-refractivity contribution >= 4 is 39.7 Å². The zero-order valence-electron chi connectivity index (χ0n) is 16.4. The van der Waals surface area contributed by atoms with Crippen molar-refractivity contribution < 1.29 is 14.3 Å². The van der Waals surface area contributed by atoms with E-state index in [1.807, 2.05) is 18.2 Å². The summed E-state index contributed by atoms with van der Waals surface area (Å²) in [6.07, 6.45) is 0. The van der Waals surface area contributed by atoms with Gasteiger partial charge >= 0.3 is 0 Å². The quantitative estimate of drug-likeness (QED) is 0.480. The third-order valence-corrected chi connectivity index (χ3v) is 5.30. The van der Waals surface area contributed by atoms with Gasteiger partial charge in [-0.05, 0) is 13.0 Å². The van der Waals surface area contributed by atoms with Crippen LogP contribution < -0.4 is 0 Å². The van der Waals surface area contributed by atoms with Crippen LogP contribution in [0, 0.1) is 0 Å². The number of aromatic nitrogens is 4. The minimum absolute atomic E-state index is 0.00108. The van der Waals surface area contributed by atoms with Crippen molar-refractivity contribution in [2.24, 2.45) is 0 Å². The molecule has 2 heterocycles. The fourth-order valence-electron chi connectivity index (χ4n) is 3.05. The number of rotatable bonds is 10. The molecule has 0 aliphatic rings. The Bertz CT molecular complexity index is 938. The number of ether oxygens (including phenoxy) is 2. The van der Waals surface area contributed by atoms with Gasteiger partial charge in [-0.3, -0.25) is 4.79 Å². The van der Waals surface area contributed by atoms with Crippen molar-refractivity contribution in [3.05, 3.63) is 24.3 Å². The number of benzene rings is 1. The molecule has 1 aromatic carbocycles. The molecule has 3 aromatic rings. The first kappa shape index (κ1) is 20.5. The molecular formula is C19H25N5O3S. The molecule has 0 spiro atoms. The lowest BCUT2D eigenvalue weighted by Crippen LogP contribution is -2.37. The number of para-hydroxylation sites is 1. The van der Waals surface area contributed by atoms with Gasteiger partial charge in [-0.15, -0.1) is 10.2 Å². The molecule has 9 heteroatoms. The van der Waals surface area contributed by atoms with Crippen LogP contribution in [0.15, 0.2) is 29.4 Å². The smallest absolute Gasteiger partial charge is 0.233 e. The second-order valence-electron chi connectivity index (χ2n) is 6.18. The van der Waals surface area contributed by atoms with Crippen molar-refractivity contribution in [3.8, 4) is 0 Å². The Labute approximate surface area is 168 Å². The molecule has 0 unspecified atom stereocenters. The Balaban J connectivity index is 1.76. The highest BCUT2D eigenvalue weighted by Crippen LogP contribution is 2.27. The molecule has 1 amide bonds. The molecule has 0 fully saturated rings. The molecular weight excluding hydrogens is 378 g/mol. The number of fused-ring (bicyclic) bond motifs is 3. The number of methoxy groups -OCH3 is 2. The summed E-state index contributed by atoms with van der Waals surface area (Å²) in [5.74, 6) is 0.242. The van der Waals surface area contributed by atoms with Gasteiger partial charge in [0.05, 0.1) is 24.5 Å². The molecule has 3 rings (SSSR count). The first-order chi connectivity index (χ1) is 13.7. The molecule has 0 aliphatic carbocycles. The number of nitrogens with zero attached hydrogens (tertiary/aromatic N) is 5. The Kier molecular flexibility index (Phi) is 7.18. The maximum Gasteiger partial charge on any atom is 0.233 e. The SMILES string of the molecule is CCn1c2ccccc2c2nnc(SCC(=O)N(CCOC)CCOC)nc21. The van der Waals surface area contributed by atoms with Gasteiger partial charge in [0.2, 0.25) is 11.1 Å². The monoisotopic (exact) mass is 403 g/mol. The highest BCUT2D eigenvalue weighted by molar-refractivity contribution is 7.99. The summed E-state index contributed by atoms with van der Waals surface area (Å²) >= 11 is 1.30. The molecule has 0 aliphatic heterocycles. The fourth-order valence-corrected chi connectivity index (χ4v) is 3.74. The normalized spacial score (nSPS) is 11.4. The van der Waals surface area contributed by atoms with E-state index in [0.29, 0.717) is 31.5 Å². The van der Waals surface area contributed by atoms with Gasteiger partial charge in [-0.25, -0.2) is 4.98 Å². The van der Waals surface area contributed by atoms with Gasteiger partial charge in [0.25, 0.3) is 0 Å². The summed E-state index contributed by atoms with van der Waals surface area (Å²) in [4.78, 5) is 19.0. The lowest BCUT2D eigenvalue weighted by Gasteiger charge is -2.21. The van der Waals surface area contributed by atoms with Crippen molar-refractivity contribution in [3.63, 3.8) is 0 Å². The number of hydrogen-bond acceptors (Lipinski definition) is 7. The van der Waals surface area contributed by atoms with Crippen molar-refractivity contribution in [2.45, 2.75) is 18.6 Å². The van der Waals surface area contributed by atoms with E-state index in [4.69, 9.17) is 9.47 Å². The van der Waals surface area contributed by atoms with E-state index in [9.17, 15) is 4.79 Å². The van der Waals surface area contributed by atoms with E-state index in [1.165, 1.54) is 11.8 Å². The average Bonchev–Trinajstić information content (AvgIpc) is 3.05. The predicted octanol–water partition coefficient (Wildman–Crippen LogP) is 2.21. The van der Waals surface area contributed by atoms with Crippen LogP contribution in [0.2, 0.25) is 0 Å². The number of hydrogen-bond donors (Lipinski definition) is 0. The maximum absolute atomic E-state index is 12.6. The molecule has 0 saturated carbocycles. The second-order valence-corrected chi connectivity index (χ2v) is 7.13. The molecule has 150 valence electrons. The molecule has 0 saturated heterocycles. The Morgan fingerprint density at radius 3 is 2.54 bits per heavy atom. The Morgan fingerprint density at radius 1 is 1.14 bits per heavy atom. The number of amides is 1. The van der Waals surface area contributed by atoms with Gasteiger partial charge in [0.15, 0.2) is 5.65 Å². The summed E-state index contributed by atoms with van der Waals surface area (Å²) < 4.78 is 12.3. The average molecular weight is 404 g/mol. The number of carbonyl (C=O) groups is 1. The van der Waals surface area contributed by atoms with Crippen LogP contribution in [0.5, 0.6) is 0 Å². The molecule has 2 aromatic heterocycles. The second kappa shape index (κ2) is 9.81. The summed E-state index contributed by atoms with van der Waals surface area (Å²) in [5.41, 5.74) is 2.67. The van der Waals surface area contributed by atoms with Crippen LogP contribution in [0.4, 0.5) is 0 Å². The van der Waals surface area contributed by atoms with Crippen LogP contribution >= 0.6 is 11.8 Å². The highest BCUT2D eigenvalue weighted by atomic mass is 32.2. The van der Waals surface area contributed by atoms with Crippen molar-refractivity contribution in [1.29, 1.82) is 0 Å². The number of aryl methyl sites for hydroxylation is 1. The van der Waals surface area contributed by atoms with E-state index < -0.39 is 0 Å². The van der Waals surface area contributed by atoms with Crippen molar-refractivity contribution in [2.75, 3.05) is 46.3 Å². The largest absolute Gasteiger partial charge is 0.383 e. The Hall–Kier alpha value is -2.23. The molecule has 28 heavy (non-hydrogen) atoms. The van der Waals surface area contributed by atoms with Crippen LogP contribution in [-0.2, 0) is 20.8 Å². The van der Waals surface area contributed by atoms with Gasteiger partial charge in [0, 0.05) is 39.2 Å². The molecule has 0 radical (unpaired) electrons. The van der Waals surface area contributed by atoms with Crippen LogP contribution in [-0.4, -0.2) is 76.8 Å². The van der Waals surface area contributed by atoms with Gasteiger partial charge in [-0.2, -0.15) is 0 Å². The first-order valence-electron chi connectivity index (χ1n) is 9.19. The third-order valence-electron chi connectivity index (χ3n) is 4.48. The lowest BCUT2D eigenvalue weighted by molar-refractivity contribution is -0.129. The molecule has 0 bridgehead atoms. The summed E-state index contributed by atoms with van der Waals surface area (Å²) in [7, 11) is 3.24. The fraction of sp³-hybridized carbons (Fsp3) is 0.474. The highest BCUT2D eigenvalue weighted by Gasteiger charge is 2.17. The van der Waals surface area contributed by atoms with Crippen LogP contribution in [0.1, 0.15) is 6.92 Å². The predicted molar refractivity (Wildman–Crippen MR) is 110 cm³/mol. The first-order valence-corrected chi connectivity index (χ1v) is 10.2. The molecule has 0 atom stereocenters. The van der Waals surface area contributed by atoms with E-state index in [1.54, 1.807) is 19.1 Å². The summed E-state index contributed by atoms with van der Waals surface area (Å²) in [6, 6.07) is 8.07. The summed E-state index contributed by atoms with van der Waals surface area (Å²) in [5, 5.41) is 10.1. The zero-order valence-corrected chi connectivity index (χ0v) is 17.2. The number of thioether (sulfide) groups is 1. The summed E-state index contributed by atoms with van der Waals surface area (Å²) in [6.45, 7) is 4.89. The molecule has 8 nitrogen and oxygen atoms in total. The molecule has 0 N–H and O–H groups in total. The van der Waals surface area contributed by atoms with Crippen molar-refractivity contribution in [1.82, 2.24) is 24.6 Å². The van der Waals surface area contributed by atoms with Crippen LogP contribution in [0.25, 0.3) is 22.1 Å². The van der Waals surface area contributed by atoms with E-state index in [-0.39, 0.29) is 11.7 Å². The van der Waals surface area contributed by atoms with Gasteiger partial charge < -0.3 is 18.9 Å². The minimum atomic E-state index is -0.00108. The standard InChI is InChI=1S/C19H25N5O3S/c1-4-24-15-8-6-5-7-14(15)17-18(24)20-19(22-21-17)28-13-16(25)23(9-11-26-2)10-12-27-3/h5-8H,4,9-13H2,1-3H3. The third kappa shape index (κ3) is 4.43. The van der Waals surface area contributed by atoms with Crippen LogP contribution in [0.3, 0.4) is 0 Å². The Morgan fingerprint density at radius 2 is 1.86 bits per heavy atom. The van der Waals surface area contributed by atoms with E-state index in [0.717, 1.165) is 28.6 Å². The lowest BCUT2D eigenvalue weighted by atomic mass is 10.2. The number of carbonyl (C=O) groups excluding carboxylic acids is 1.